The fraction of sp³-hybridized carbons (Fsp3) is 0.364. The molecule has 0 fully saturated rings. The topological polar surface area (TPSA) is 64.6 Å². The Labute approximate surface area is 159 Å². The smallest absolute Gasteiger partial charge is 0.311 e. The number of carbonyl (C=O) groups is 2. The molecular formula is C22H25NO4. The van der Waals surface area contributed by atoms with Gasteiger partial charge < -0.3 is 14.8 Å². The molecule has 0 heterocycles. The summed E-state index contributed by atoms with van der Waals surface area (Å²) in [5.41, 5.74) is 3.25. The number of fused-ring (bicyclic) bond motifs is 1. The lowest BCUT2D eigenvalue weighted by atomic mass is 9.87. The number of hydrogen-bond donors (Lipinski definition) is 1. The number of esters is 1. The number of benzene rings is 2. The Balaban J connectivity index is 1.54. The van der Waals surface area contributed by atoms with Gasteiger partial charge in [-0.2, -0.15) is 0 Å². The largest absolute Gasteiger partial charge is 0.497 e. The number of aryl methyl sites for hydroxylation is 1. The SMILES string of the molecule is COc1ccc(CC(=O)O[C@@H](C)C(=O)N[C@@H]2CCCc3ccccc32)cc1. The fourth-order valence-electron chi connectivity index (χ4n) is 3.40. The van der Waals surface area contributed by atoms with E-state index < -0.39 is 12.1 Å². The molecule has 1 amide bonds. The molecule has 0 unspecified atom stereocenters. The minimum atomic E-state index is -0.829. The lowest BCUT2D eigenvalue weighted by molar-refractivity contribution is -0.154. The van der Waals surface area contributed by atoms with Crippen molar-refractivity contribution in [1.29, 1.82) is 0 Å². The quantitative estimate of drug-likeness (QED) is 0.795. The van der Waals surface area contributed by atoms with Crippen LogP contribution < -0.4 is 10.1 Å². The number of ether oxygens (including phenoxy) is 2. The maximum atomic E-state index is 12.5. The van der Waals surface area contributed by atoms with Gasteiger partial charge in [-0.05, 0) is 55.0 Å². The van der Waals surface area contributed by atoms with E-state index in [1.807, 2.05) is 24.3 Å². The van der Waals surface area contributed by atoms with Gasteiger partial charge in [0.05, 0.1) is 19.6 Å². The van der Waals surface area contributed by atoms with E-state index >= 15 is 0 Å². The summed E-state index contributed by atoms with van der Waals surface area (Å²) < 4.78 is 10.4. The van der Waals surface area contributed by atoms with Gasteiger partial charge in [-0.1, -0.05) is 36.4 Å². The van der Waals surface area contributed by atoms with Crippen LogP contribution in [-0.2, 0) is 27.2 Å². The fourth-order valence-corrected chi connectivity index (χ4v) is 3.40. The van der Waals surface area contributed by atoms with Gasteiger partial charge in [-0.3, -0.25) is 9.59 Å². The van der Waals surface area contributed by atoms with Crippen molar-refractivity contribution in [2.24, 2.45) is 0 Å². The zero-order valence-corrected chi connectivity index (χ0v) is 15.7. The predicted octanol–water partition coefficient (Wildman–Crippen LogP) is 3.36. The first-order valence-electron chi connectivity index (χ1n) is 9.27. The van der Waals surface area contributed by atoms with E-state index in [0.29, 0.717) is 0 Å². The summed E-state index contributed by atoms with van der Waals surface area (Å²) in [6.07, 6.45) is 2.26. The van der Waals surface area contributed by atoms with Crippen LogP contribution in [0.25, 0.3) is 0 Å². The molecule has 0 aliphatic heterocycles. The Morgan fingerprint density at radius 3 is 2.63 bits per heavy atom. The number of hydrogen-bond acceptors (Lipinski definition) is 4. The average Bonchev–Trinajstić information content (AvgIpc) is 2.68. The summed E-state index contributed by atoms with van der Waals surface area (Å²) in [5, 5.41) is 3.03. The van der Waals surface area contributed by atoms with Gasteiger partial charge in [-0.15, -0.1) is 0 Å². The van der Waals surface area contributed by atoms with E-state index in [2.05, 4.69) is 17.4 Å². The molecular weight excluding hydrogens is 342 g/mol. The Morgan fingerprint density at radius 2 is 1.89 bits per heavy atom. The molecule has 0 spiro atoms. The van der Waals surface area contributed by atoms with E-state index in [1.165, 1.54) is 5.56 Å². The van der Waals surface area contributed by atoms with Crippen molar-refractivity contribution in [3.05, 3.63) is 65.2 Å². The molecule has 1 aliphatic rings. The molecule has 0 aromatic heterocycles. The lowest BCUT2D eigenvalue weighted by Gasteiger charge is -2.27. The zero-order chi connectivity index (χ0) is 19.2. The average molecular weight is 367 g/mol. The van der Waals surface area contributed by atoms with Crippen molar-refractivity contribution in [2.45, 2.75) is 44.8 Å². The number of nitrogens with one attached hydrogen (secondary N) is 1. The highest BCUT2D eigenvalue weighted by molar-refractivity contribution is 5.84. The van der Waals surface area contributed by atoms with Crippen molar-refractivity contribution in [3.63, 3.8) is 0 Å². The third kappa shape index (κ3) is 4.88. The molecule has 1 aliphatic carbocycles. The molecule has 27 heavy (non-hydrogen) atoms. The number of carbonyl (C=O) groups excluding carboxylic acids is 2. The second-order valence-corrected chi connectivity index (χ2v) is 6.81. The molecule has 5 nitrogen and oxygen atoms in total. The van der Waals surface area contributed by atoms with E-state index in [9.17, 15) is 9.59 Å². The van der Waals surface area contributed by atoms with Gasteiger partial charge in [-0.25, -0.2) is 0 Å². The van der Waals surface area contributed by atoms with Gasteiger partial charge in [0, 0.05) is 0 Å². The van der Waals surface area contributed by atoms with Crippen LogP contribution in [0.2, 0.25) is 0 Å². The molecule has 142 valence electrons. The van der Waals surface area contributed by atoms with Crippen LogP contribution in [0, 0.1) is 0 Å². The van der Waals surface area contributed by atoms with Crippen molar-refractivity contribution < 1.29 is 19.1 Å². The van der Waals surface area contributed by atoms with E-state index in [0.717, 1.165) is 36.1 Å². The Hall–Kier alpha value is -2.82. The van der Waals surface area contributed by atoms with Crippen LogP contribution in [0.5, 0.6) is 5.75 Å². The van der Waals surface area contributed by atoms with Gasteiger partial charge >= 0.3 is 5.97 Å². The van der Waals surface area contributed by atoms with E-state index in [-0.39, 0.29) is 18.4 Å². The molecule has 0 radical (unpaired) electrons. The Morgan fingerprint density at radius 1 is 1.15 bits per heavy atom. The summed E-state index contributed by atoms with van der Waals surface area (Å²) in [5.74, 6) is 0.0410. The van der Waals surface area contributed by atoms with Crippen molar-refractivity contribution in [3.8, 4) is 5.75 Å². The van der Waals surface area contributed by atoms with Crippen LogP contribution >= 0.6 is 0 Å². The standard InChI is InChI=1S/C22H25NO4/c1-15(27-21(24)14-16-10-12-18(26-2)13-11-16)22(25)23-20-9-5-7-17-6-3-4-8-19(17)20/h3-4,6,8,10-13,15,20H,5,7,9,14H2,1-2H3,(H,23,25)/t15-,20+/m0/s1. The van der Waals surface area contributed by atoms with Gasteiger partial charge in [0.2, 0.25) is 0 Å². The third-order valence-corrected chi connectivity index (χ3v) is 4.87. The second-order valence-electron chi connectivity index (χ2n) is 6.81. The minimum Gasteiger partial charge on any atom is -0.497 e. The Bertz CT molecular complexity index is 800. The monoisotopic (exact) mass is 367 g/mol. The molecule has 0 saturated heterocycles. The first-order chi connectivity index (χ1) is 13.1. The second kappa shape index (κ2) is 8.71. The molecule has 0 bridgehead atoms. The van der Waals surface area contributed by atoms with Gasteiger partial charge in [0.25, 0.3) is 5.91 Å². The third-order valence-electron chi connectivity index (χ3n) is 4.87. The summed E-state index contributed by atoms with van der Waals surface area (Å²) >= 11 is 0. The lowest BCUT2D eigenvalue weighted by Crippen LogP contribution is -2.39. The summed E-state index contributed by atoms with van der Waals surface area (Å²) in [6, 6.07) is 15.3. The van der Waals surface area contributed by atoms with Crippen LogP contribution in [-0.4, -0.2) is 25.1 Å². The molecule has 2 aromatic rings. The molecule has 1 N–H and O–H groups in total. The maximum Gasteiger partial charge on any atom is 0.311 e. The molecule has 5 heteroatoms. The number of rotatable bonds is 6. The summed E-state index contributed by atoms with van der Waals surface area (Å²) in [4.78, 5) is 24.6. The summed E-state index contributed by atoms with van der Waals surface area (Å²) in [6.45, 7) is 1.61. The molecule has 2 atom stereocenters. The first kappa shape index (κ1) is 19.0. The van der Waals surface area contributed by atoms with E-state index in [4.69, 9.17) is 9.47 Å². The molecule has 3 rings (SSSR count). The van der Waals surface area contributed by atoms with Crippen LogP contribution in [0.4, 0.5) is 0 Å². The predicted molar refractivity (Wildman–Crippen MR) is 103 cm³/mol. The number of methoxy groups -OCH3 is 1. The summed E-state index contributed by atoms with van der Waals surface area (Å²) in [7, 11) is 1.59. The zero-order valence-electron chi connectivity index (χ0n) is 15.7. The van der Waals surface area contributed by atoms with Crippen molar-refractivity contribution in [2.75, 3.05) is 7.11 Å². The Kier molecular flexibility index (Phi) is 6.12. The highest BCUT2D eigenvalue weighted by atomic mass is 16.5. The van der Waals surface area contributed by atoms with E-state index in [1.54, 1.807) is 26.2 Å². The molecule has 0 saturated carbocycles. The van der Waals surface area contributed by atoms with Crippen LogP contribution in [0.15, 0.2) is 48.5 Å². The van der Waals surface area contributed by atoms with Crippen LogP contribution in [0.3, 0.4) is 0 Å². The normalized spacial score (nSPS) is 16.7. The minimum absolute atomic E-state index is 0.0230. The highest BCUT2D eigenvalue weighted by Crippen LogP contribution is 2.29. The maximum absolute atomic E-state index is 12.5. The van der Waals surface area contributed by atoms with Crippen LogP contribution in [0.1, 0.15) is 42.5 Å². The van der Waals surface area contributed by atoms with Crippen molar-refractivity contribution in [1.82, 2.24) is 5.32 Å². The van der Waals surface area contributed by atoms with Crippen molar-refractivity contribution >= 4 is 11.9 Å². The molecule has 2 aromatic carbocycles. The highest BCUT2D eigenvalue weighted by Gasteiger charge is 2.25. The van der Waals surface area contributed by atoms with Gasteiger partial charge in [0.1, 0.15) is 5.75 Å². The first-order valence-corrected chi connectivity index (χ1v) is 9.27. The van der Waals surface area contributed by atoms with Gasteiger partial charge in [0.15, 0.2) is 6.10 Å². The number of amides is 1.